The van der Waals surface area contributed by atoms with Crippen LogP contribution in [0.4, 0.5) is 14.5 Å². The van der Waals surface area contributed by atoms with Gasteiger partial charge in [0.25, 0.3) is 0 Å². The summed E-state index contributed by atoms with van der Waals surface area (Å²) in [4.78, 5) is 0. The van der Waals surface area contributed by atoms with Crippen molar-refractivity contribution >= 4 is 17.4 Å². The number of nitrogens with one attached hydrogen (secondary N) is 1. The van der Waals surface area contributed by atoms with Gasteiger partial charge < -0.3 is 10.1 Å². The molecule has 0 amide bonds. The van der Waals surface area contributed by atoms with Crippen LogP contribution in [0.1, 0.15) is 31.2 Å². The molecule has 0 radical (unpaired) electrons. The van der Waals surface area contributed by atoms with Gasteiger partial charge in [-0.1, -0.05) is 6.07 Å². The summed E-state index contributed by atoms with van der Waals surface area (Å²) >= 11 is 1.95. The standard InChI is InChI=1S/C16H21F2NOS/c1-11-2-3-13(17)15(14(11)18)19-12-4-7-20-16(10-12)5-8-21-9-6-16/h2-3,12,19H,4-10H2,1H3. The van der Waals surface area contributed by atoms with Gasteiger partial charge in [-0.2, -0.15) is 11.8 Å². The van der Waals surface area contributed by atoms with Gasteiger partial charge in [0.1, 0.15) is 11.5 Å². The average Bonchev–Trinajstić information content (AvgIpc) is 2.49. The molecule has 0 bridgehead atoms. The predicted octanol–water partition coefficient (Wildman–Crippen LogP) is 4.13. The zero-order valence-corrected chi connectivity index (χ0v) is 13.1. The van der Waals surface area contributed by atoms with Crippen LogP contribution in [0.2, 0.25) is 0 Å². The van der Waals surface area contributed by atoms with Gasteiger partial charge in [-0.15, -0.1) is 0 Å². The van der Waals surface area contributed by atoms with E-state index in [1.54, 1.807) is 6.92 Å². The highest BCUT2D eigenvalue weighted by Gasteiger charge is 2.39. The minimum absolute atomic E-state index is 0.0160. The van der Waals surface area contributed by atoms with Crippen LogP contribution in [0.15, 0.2) is 12.1 Å². The van der Waals surface area contributed by atoms with Gasteiger partial charge in [-0.05, 0) is 55.7 Å². The molecule has 2 nitrogen and oxygen atoms in total. The van der Waals surface area contributed by atoms with Crippen molar-refractivity contribution in [2.75, 3.05) is 23.4 Å². The Hall–Kier alpha value is -0.810. The van der Waals surface area contributed by atoms with Crippen LogP contribution in [-0.4, -0.2) is 29.8 Å². The fourth-order valence-electron chi connectivity index (χ4n) is 3.24. The second kappa shape index (κ2) is 6.13. The molecule has 0 aromatic heterocycles. The van der Waals surface area contributed by atoms with E-state index in [0.29, 0.717) is 12.2 Å². The summed E-state index contributed by atoms with van der Waals surface area (Å²) in [6, 6.07) is 2.87. The van der Waals surface area contributed by atoms with Crippen molar-refractivity contribution in [2.24, 2.45) is 0 Å². The minimum Gasteiger partial charge on any atom is -0.377 e. The van der Waals surface area contributed by atoms with Crippen molar-refractivity contribution in [1.29, 1.82) is 0 Å². The van der Waals surface area contributed by atoms with E-state index in [1.165, 1.54) is 12.1 Å². The van der Waals surface area contributed by atoms with E-state index >= 15 is 0 Å². The Morgan fingerprint density at radius 2 is 2.05 bits per heavy atom. The highest BCUT2D eigenvalue weighted by molar-refractivity contribution is 7.99. The maximum Gasteiger partial charge on any atom is 0.152 e. The monoisotopic (exact) mass is 313 g/mol. The lowest BCUT2D eigenvalue weighted by Crippen LogP contribution is -2.46. The van der Waals surface area contributed by atoms with Gasteiger partial charge in [-0.25, -0.2) is 8.78 Å². The first-order valence-corrected chi connectivity index (χ1v) is 8.68. The van der Waals surface area contributed by atoms with Gasteiger partial charge in [0.15, 0.2) is 5.82 Å². The lowest BCUT2D eigenvalue weighted by atomic mass is 9.85. The molecule has 2 aliphatic heterocycles. The van der Waals surface area contributed by atoms with Crippen LogP contribution in [0.3, 0.4) is 0 Å². The molecule has 0 saturated carbocycles. The summed E-state index contributed by atoms with van der Waals surface area (Å²) < 4.78 is 34.0. The molecule has 2 heterocycles. The van der Waals surface area contributed by atoms with E-state index < -0.39 is 11.6 Å². The molecule has 2 fully saturated rings. The Morgan fingerprint density at radius 1 is 1.29 bits per heavy atom. The number of halogens is 2. The molecule has 1 N–H and O–H groups in total. The fourth-order valence-corrected chi connectivity index (χ4v) is 4.47. The third kappa shape index (κ3) is 3.19. The second-order valence-electron chi connectivity index (χ2n) is 6.03. The minimum atomic E-state index is -0.516. The summed E-state index contributed by atoms with van der Waals surface area (Å²) in [6.07, 6.45) is 3.70. The zero-order valence-electron chi connectivity index (χ0n) is 12.3. The number of benzene rings is 1. The molecule has 1 spiro atoms. The van der Waals surface area contributed by atoms with Gasteiger partial charge in [0.05, 0.1) is 5.60 Å². The zero-order chi connectivity index (χ0) is 14.9. The maximum absolute atomic E-state index is 14.1. The van der Waals surface area contributed by atoms with E-state index in [-0.39, 0.29) is 17.3 Å². The van der Waals surface area contributed by atoms with Gasteiger partial charge in [0.2, 0.25) is 0 Å². The topological polar surface area (TPSA) is 21.3 Å². The number of rotatable bonds is 2. The normalized spacial score (nSPS) is 25.0. The Morgan fingerprint density at radius 3 is 2.81 bits per heavy atom. The van der Waals surface area contributed by atoms with Crippen molar-refractivity contribution < 1.29 is 13.5 Å². The first kappa shape index (κ1) is 15.1. The van der Waals surface area contributed by atoms with Crippen molar-refractivity contribution in [2.45, 2.75) is 44.2 Å². The molecule has 0 aliphatic carbocycles. The molecule has 2 saturated heterocycles. The lowest BCUT2D eigenvalue weighted by Gasteiger charge is -2.43. The third-order valence-electron chi connectivity index (χ3n) is 4.53. The summed E-state index contributed by atoms with van der Waals surface area (Å²) in [6.45, 7) is 2.32. The number of aryl methyl sites for hydroxylation is 1. The molecule has 1 aromatic carbocycles. The maximum atomic E-state index is 14.1. The molecular weight excluding hydrogens is 292 g/mol. The molecule has 1 atom stereocenters. The summed E-state index contributed by atoms with van der Waals surface area (Å²) in [5, 5.41) is 3.09. The van der Waals surface area contributed by atoms with E-state index in [0.717, 1.165) is 37.2 Å². The van der Waals surface area contributed by atoms with Gasteiger partial charge >= 0.3 is 0 Å². The Balaban J connectivity index is 1.74. The van der Waals surface area contributed by atoms with Crippen LogP contribution >= 0.6 is 11.8 Å². The van der Waals surface area contributed by atoms with Crippen LogP contribution in [-0.2, 0) is 4.74 Å². The molecule has 1 aromatic rings. The number of hydrogen-bond donors (Lipinski definition) is 1. The number of anilines is 1. The van der Waals surface area contributed by atoms with Crippen LogP contribution in [0, 0.1) is 18.6 Å². The summed E-state index contributed by atoms with van der Waals surface area (Å²) in [7, 11) is 0. The predicted molar refractivity (Wildman–Crippen MR) is 83.0 cm³/mol. The Bertz CT molecular complexity index is 512. The van der Waals surface area contributed by atoms with Crippen molar-refractivity contribution in [3.63, 3.8) is 0 Å². The lowest BCUT2D eigenvalue weighted by molar-refractivity contribution is -0.0866. The molecule has 3 rings (SSSR count). The highest BCUT2D eigenvalue weighted by Crippen LogP contribution is 2.38. The molecular formula is C16H21F2NOS. The van der Waals surface area contributed by atoms with Gasteiger partial charge in [0, 0.05) is 12.6 Å². The van der Waals surface area contributed by atoms with Crippen LogP contribution in [0.5, 0.6) is 0 Å². The van der Waals surface area contributed by atoms with E-state index in [1.807, 2.05) is 11.8 Å². The first-order chi connectivity index (χ1) is 10.1. The molecule has 116 valence electrons. The molecule has 5 heteroatoms. The van der Waals surface area contributed by atoms with Crippen LogP contribution in [0.25, 0.3) is 0 Å². The van der Waals surface area contributed by atoms with Crippen molar-refractivity contribution in [3.05, 3.63) is 29.3 Å². The van der Waals surface area contributed by atoms with Gasteiger partial charge in [-0.3, -0.25) is 0 Å². The summed E-state index contributed by atoms with van der Waals surface area (Å²) in [5.74, 6) is 1.23. The first-order valence-electron chi connectivity index (χ1n) is 7.52. The van der Waals surface area contributed by atoms with Crippen LogP contribution < -0.4 is 5.32 Å². The highest BCUT2D eigenvalue weighted by atomic mass is 32.2. The fraction of sp³-hybridized carbons (Fsp3) is 0.625. The smallest absolute Gasteiger partial charge is 0.152 e. The number of hydrogen-bond acceptors (Lipinski definition) is 3. The number of ether oxygens (including phenoxy) is 1. The second-order valence-corrected chi connectivity index (χ2v) is 7.26. The average molecular weight is 313 g/mol. The van der Waals surface area contributed by atoms with E-state index in [9.17, 15) is 8.78 Å². The molecule has 2 aliphatic rings. The van der Waals surface area contributed by atoms with Crippen molar-refractivity contribution in [3.8, 4) is 0 Å². The number of thioether (sulfide) groups is 1. The van der Waals surface area contributed by atoms with Crippen molar-refractivity contribution in [1.82, 2.24) is 0 Å². The molecule has 21 heavy (non-hydrogen) atoms. The quantitative estimate of drug-likeness (QED) is 0.887. The SMILES string of the molecule is Cc1ccc(F)c(NC2CCOC3(CCSCC3)C2)c1F. The summed E-state index contributed by atoms with van der Waals surface area (Å²) in [5.41, 5.74) is 0.398. The third-order valence-corrected chi connectivity index (χ3v) is 5.52. The Kier molecular flexibility index (Phi) is 4.41. The molecule has 1 unspecified atom stereocenters. The largest absolute Gasteiger partial charge is 0.377 e. The van der Waals surface area contributed by atoms with E-state index in [4.69, 9.17) is 4.74 Å². The van der Waals surface area contributed by atoms with E-state index in [2.05, 4.69) is 5.32 Å². The Labute approximate surface area is 128 Å².